The van der Waals surface area contributed by atoms with Crippen LogP contribution in [0.15, 0.2) is 48.5 Å². The number of amides is 2. The van der Waals surface area contributed by atoms with Crippen LogP contribution in [0.5, 0.6) is 0 Å². The Morgan fingerprint density at radius 1 is 0.939 bits per heavy atom. The van der Waals surface area contributed by atoms with Gasteiger partial charge in [-0.1, -0.05) is 44.2 Å². The fourth-order valence-corrected chi connectivity index (χ4v) is 4.11. The second-order valence-electron chi connectivity index (χ2n) is 8.16. The van der Waals surface area contributed by atoms with E-state index in [0.29, 0.717) is 18.0 Å². The highest BCUT2D eigenvalue weighted by molar-refractivity contribution is 7.80. The van der Waals surface area contributed by atoms with Gasteiger partial charge in [-0.15, -0.1) is 0 Å². The molecular weight excluding hydrogens is 451 g/mol. The van der Waals surface area contributed by atoms with Gasteiger partial charge in [-0.2, -0.15) is 13.2 Å². The van der Waals surface area contributed by atoms with Gasteiger partial charge in [0.25, 0.3) is 5.91 Å². The van der Waals surface area contributed by atoms with Crippen LogP contribution in [0.4, 0.5) is 24.5 Å². The molecule has 1 fully saturated rings. The number of carbonyl (C=O) groups excluding carboxylic acids is 2. The van der Waals surface area contributed by atoms with Gasteiger partial charge in [0.05, 0.1) is 5.56 Å². The van der Waals surface area contributed by atoms with Crippen LogP contribution in [0.25, 0.3) is 0 Å². The number of hydrogen-bond acceptors (Lipinski definition) is 3. The predicted molar refractivity (Wildman–Crippen MR) is 126 cm³/mol. The minimum Gasteiger partial charge on any atom is -0.332 e. The van der Waals surface area contributed by atoms with E-state index in [1.54, 1.807) is 12.1 Å². The van der Waals surface area contributed by atoms with Crippen molar-refractivity contribution >= 4 is 40.5 Å². The van der Waals surface area contributed by atoms with Gasteiger partial charge < -0.3 is 16.0 Å². The van der Waals surface area contributed by atoms with Crippen molar-refractivity contribution in [3.05, 3.63) is 59.7 Å². The van der Waals surface area contributed by atoms with Crippen molar-refractivity contribution in [2.24, 2.45) is 5.92 Å². The van der Waals surface area contributed by atoms with E-state index in [-0.39, 0.29) is 22.3 Å². The Morgan fingerprint density at radius 2 is 1.61 bits per heavy atom. The number of hydrogen-bond donors (Lipinski definition) is 3. The van der Waals surface area contributed by atoms with Gasteiger partial charge in [0.1, 0.15) is 0 Å². The largest absolute Gasteiger partial charge is 0.416 e. The lowest BCUT2D eigenvalue weighted by atomic mass is 9.86. The number of halogens is 3. The monoisotopic (exact) mass is 477 g/mol. The fourth-order valence-electron chi connectivity index (χ4n) is 3.88. The fraction of sp³-hybridized carbons (Fsp3) is 0.375. The normalized spacial score (nSPS) is 14.4. The summed E-state index contributed by atoms with van der Waals surface area (Å²) in [5.41, 5.74) is -0.109. The molecule has 0 aliphatic heterocycles. The van der Waals surface area contributed by atoms with E-state index in [4.69, 9.17) is 12.2 Å². The van der Waals surface area contributed by atoms with E-state index in [9.17, 15) is 22.8 Å². The first-order valence-corrected chi connectivity index (χ1v) is 11.3. The average molecular weight is 478 g/mol. The topological polar surface area (TPSA) is 70.2 Å². The van der Waals surface area contributed by atoms with E-state index < -0.39 is 17.6 Å². The van der Waals surface area contributed by atoms with E-state index in [2.05, 4.69) is 16.0 Å². The summed E-state index contributed by atoms with van der Waals surface area (Å²) in [4.78, 5) is 24.7. The Morgan fingerprint density at radius 3 is 2.30 bits per heavy atom. The first-order chi connectivity index (χ1) is 15.7. The van der Waals surface area contributed by atoms with Crippen molar-refractivity contribution in [2.45, 2.75) is 51.1 Å². The van der Waals surface area contributed by atoms with Crippen LogP contribution in [0, 0.1) is 5.92 Å². The van der Waals surface area contributed by atoms with Crippen LogP contribution in [-0.4, -0.2) is 16.9 Å². The third-order valence-electron chi connectivity index (χ3n) is 5.59. The molecule has 0 atom stereocenters. The number of carbonyl (C=O) groups is 2. The molecule has 2 aromatic carbocycles. The first kappa shape index (κ1) is 24.7. The van der Waals surface area contributed by atoms with Crippen molar-refractivity contribution in [3.8, 4) is 0 Å². The summed E-state index contributed by atoms with van der Waals surface area (Å²) in [7, 11) is 0. The molecule has 1 aliphatic carbocycles. The summed E-state index contributed by atoms with van der Waals surface area (Å²) < 4.78 is 38.6. The van der Waals surface area contributed by atoms with Crippen LogP contribution < -0.4 is 16.0 Å². The number of nitrogens with one attached hydrogen (secondary N) is 3. The highest BCUT2D eigenvalue weighted by atomic mass is 32.1. The van der Waals surface area contributed by atoms with Crippen LogP contribution in [0.1, 0.15) is 60.9 Å². The molecule has 33 heavy (non-hydrogen) atoms. The smallest absolute Gasteiger partial charge is 0.332 e. The Balaban J connectivity index is 1.53. The van der Waals surface area contributed by atoms with Crippen LogP contribution >= 0.6 is 12.2 Å². The molecule has 2 aromatic rings. The lowest BCUT2D eigenvalue weighted by molar-refractivity contribution is -0.137. The van der Waals surface area contributed by atoms with E-state index >= 15 is 0 Å². The second-order valence-corrected chi connectivity index (χ2v) is 8.57. The van der Waals surface area contributed by atoms with Crippen molar-refractivity contribution in [2.75, 3.05) is 10.6 Å². The zero-order chi connectivity index (χ0) is 23.8. The molecular formula is C24H26F3N3O2S. The molecule has 0 radical (unpaired) electrons. The van der Waals surface area contributed by atoms with Crippen LogP contribution in [-0.2, 0) is 11.0 Å². The molecule has 0 saturated heterocycles. The standard InChI is InChI=1S/C24H26F3N3O2S/c25-24(26,27)18-9-5-11-20(15-18)28-22(32)17-8-4-10-19(14-17)29-23(33)30-21(31)13-12-16-6-2-1-3-7-16/h4-5,8-11,14-16H,1-3,6-7,12-13H2,(H,28,32)(H2,29,30,31,33). The summed E-state index contributed by atoms with van der Waals surface area (Å²) in [6.07, 6.45) is 2.82. The average Bonchev–Trinajstić information content (AvgIpc) is 2.78. The van der Waals surface area contributed by atoms with Crippen molar-refractivity contribution in [1.82, 2.24) is 5.32 Å². The molecule has 5 nitrogen and oxygen atoms in total. The van der Waals surface area contributed by atoms with Gasteiger partial charge >= 0.3 is 6.18 Å². The van der Waals surface area contributed by atoms with E-state index in [1.807, 2.05) is 0 Å². The number of thiocarbonyl (C=S) groups is 1. The van der Waals surface area contributed by atoms with Gasteiger partial charge in [0.15, 0.2) is 5.11 Å². The van der Waals surface area contributed by atoms with E-state index in [1.165, 1.54) is 56.4 Å². The van der Waals surface area contributed by atoms with Crippen molar-refractivity contribution < 1.29 is 22.8 Å². The number of benzene rings is 2. The molecule has 0 aromatic heterocycles. The number of anilines is 2. The highest BCUT2D eigenvalue weighted by Crippen LogP contribution is 2.31. The SMILES string of the molecule is O=C(CCC1CCCCC1)NC(=S)Nc1cccc(C(=O)Nc2cccc(C(F)(F)F)c2)c1. The third-order valence-corrected chi connectivity index (χ3v) is 5.79. The lowest BCUT2D eigenvalue weighted by Gasteiger charge is -2.21. The Labute approximate surface area is 196 Å². The zero-order valence-electron chi connectivity index (χ0n) is 18.0. The summed E-state index contributed by atoms with van der Waals surface area (Å²) in [5.74, 6) is -0.130. The molecule has 0 unspecified atom stereocenters. The first-order valence-electron chi connectivity index (χ1n) is 10.9. The summed E-state index contributed by atoms with van der Waals surface area (Å²) in [5, 5.41) is 8.11. The molecule has 0 bridgehead atoms. The Hall–Kier alpha value is -2.94. The molecule has 176 valence electrons. The maximum atomic E-state index is 12.9. The van der Waals surface area contributed by atoms with Gasteiger partial charge in [0.2, 0.25) is 5.91 Å². The maximum absolute atomic E-state index is 12.9. The van der Waals surface area contributed by atoms with Gasteiger partial charge in [0, 0.05) is 23.4 Å². The van der Waals surface area contributed by atoms with Gasteiger partial charge in [-0.25, -0.2) is 0 Å². The lowest BCUT2D eigenvalue weighted by Crippen LogP contribution is -2.34. The quantitative estimate of drug-likeness (QED) is 0.438. The van der Waals surface area contributed by atoms with Gasteiger partial charge in [-0.3, -0.25) is 9.59 Å². The Kier molecular flexibility index (Phi) is 8.43. The number of alkyl halides is 3. The predicted octanol–water partition coefficient (Wildman–Crippen LogP) is 6.13. The summed E-state index contributed by atoms with van der Waals surface area (Å²) >= 11 is 5.20. The van der Waals surface area contributed by atoms with Crippen LogP contribution in [0.2, 0.25) is 0 Å². The molecule has 3 rings (SSSR count). The Bertz CT molecular complexity index is 1000. The molecule has 3 N–H and O–H groups in total. The molecule has 1 aliphatic rings. The minimum atomic E-state index is -4.50. The highest BCUT2D eigenvalue weighted by Gasteiger charge is 2.30. The molecule has 2 amide bonds. The number of rotatable bonds is 6. The molecule has 9 heteroatoms. The molecule has 0 spiro atoms. The zero-order valence-corrected chi connectivity index (χ0v) is 18.8. The molecule has 0 heterocycles. The van der Waals surface area contributed by atoms with Crippen molar-refractivity contribution in [1.29, 1.82) is 0 Å². The minimum absolute atomic E-state index is 0.0361. The summed E-state index contributed by atoms with van der Waals surface area (Å²) in [6, 6.07) is 10.7. The van der Waals surface area contributed by atoms with Crippen molar-refractivity contribution in [3.63, 3.8) is 0 Å². The summed E-state index contributed by atoms with van der Waals surface area (Å²) in [6.45, 7) is 0. The third kappa shape index (κ3) is 7.85. The molecule has 1 saturated carbocycles. The maximum Gasteiger partial charge on any atom is 0.416 e. The van der Waals surface area contributed by atoms with E-state index in [0.717, 1.165) is 18.6 Å². The van der Waals surface area contributed by atoms with Gasteiger partial charge in [-0.05, 0) is 61.0 Å². The second kappa shape index (κ2) is 11.3. The van der Waals surface area contributed by atoms with Crippen LogP contribution in [0.3, 0.4) is 0 Å².